The molecular weight excluding hydrogens is 264 g/mol. The molecule has 1 rings (SSSR count). The first-order valence-electron chi connectivity index (χ1n) is 7.30. The van der Waals surface area contributed by atoms with E-state index in [1.165, 1.54) is 5.56 Å². The van der Waals surface area contributed by atoms with Gasteiger partial charge in [0.25, 0.3) is 0 Å². The van der Waals surface area contributed by atoms with Crippen LogP contribution in [0.4, 0.5) is 0 Å². The summed E-state index contributed by atoms with van der Waals surface area (Å²) in [5, 5.41) is 2.87. The summed E-state index contributed by atoms with van der Waals surface area (Å²) >= 11 is 0. The molecule has 0 aliphatic heterocycles. The Morgan fingerprint density at radius 2 is 1.71 bits per heavy atom. The molecule has 4 nitrogen and oxygen atoms in total. The first-order valence-corrected chi connectivity index (χ1v) is 7.30. The molecule has 0 bridgehead atoms. The number of amides is 2. The van der Waals surface area contributed by atoms with Gasteiger partial charge in [0.05, 0.1) is 6.42 Å². The van der Waals surface area contributed by atoms with Crippen molar-refractivity contribution in [3.8, 4) is 0 Å². The Morgan fingerprint density at radius 3 is 2.19 bits per heavy atom. The number of hydrogen-bond acceptors (Lipinski definition) is 2. The number of aryl methyl sites for hydroxylation is 1. The lowest BCUT2D eigenvalue weighted by Crippen LogP contribution is -2.48. The van der Waals surface area contributed by atoms with Gasteiger partial charge in [0.1, 0.15) is 0 Å². The highest BCUT2D eigenvalue weighted by molar-refractivity contribution is 5.78. The summed E-state index contributed by atoms with van der Waals surface area (Å²) in [6, 6.07) is 7.93. The molecule has 116 valence electrons. The maximum atomic E-state index is 11.9. The van der Waals surface area contributed by atoms with Crippen molar-refractivity contribution in [3.63, 3.8) is 0 Å². The number of carbonyl (C=O) groups is 2. The molecule has 0 heterocycles. The van der Waals surface area contributed by atoms with Crippen LogP contribution in [0.5, 0.6) is 0 Å². The van der Waals surface area contributed by atoms with E-state index in [9.17, 15) is 9.59 Å². The van der Waals surface area contributed by atoms with Gasteiger partial charge in [-0.05, 0) is 33.3 Å². The van der Waals surface area contributed by atoms with E-state index in [1.54, 1.807) is 11.8 Å². The van der Waals surface area contributed by atoms with E-state index in [0.29, 0.717) is 19.5 Å². The maximum Gasteiger partial charge on any atom is 0.224 e. The van der Waals surface area contributed by atoms with Crippen molar-refractivity contribution in [1.29, 1.82) is 0 Å². The van der Waals surface area contributed by atoms with Gasteiger partial charge < -0.3 is 10.2 Å². The maximum absolute atomic E-state index is 11.9. The highest BCUT2D eigenvalue weighted by atomic mass is 16.2. The highest BCUT2D eigenvalue weighted by Crippen LogP contribution is 2.12. The highest BCUT2D eigenvalue weighted by Gasteiger charge is 2.23. The largest absolute Gasteiger partial charge is 0.354 e. The van der Waals surface area contributed by atoms with Gasteiger partial charge in [0, 0.05) is 25.6 Å². The van der Waals surface area contributed by atoms with E-state index in [0.717, 1.165) is 5.56 Å². The molecule has 0 spiro atoms. The average Bonchev–Trinajstić information content (AvgIpc) is 2.35. The number of rotatable bonds is 5. The first-order chi connectivity index (χ1) is 9.70. The molecule has 1 aromatic rings. The lowest BCUT2D eigenvalue weighted by atomic mass is 10.1. The monoisotopic (exact) mass is 290 g/mol. The molecule has 0 atom stereocenters. The number of carbonyl (C=O) groups excluding carboxylic acids is 2. The minimum atomic E-state index is -0.229. The second-order valence-electron chi connectivity index (χ2n) is 6.35. The zero-order valence-electron chi connectivity index (χ0n) is 13.7. The molecule has 2 amide bonds. The SMILES string of the molecule is CC(=O)N(CCNC(=O)Cc1ccc(C)cc1)C(C)(C)C. The van der Waals surface area contributed by atoms with Gasteiger partial charge in [0.2, 0.25) is 11.8 Å². The Bertz CT molecular complexity index is 487. The van der Waals surface area contributed by atoms with Crippen molar-refractivity contribution in [2.45, 2.75) is 46.6 Å². The van der Waals surface area contributed by atoms with Crippen LogP contribution in [0.3, 0.4) is 0 Å². The number of nitrogens with one attached hydrogen (secondary N) is 1. The van der Waals surface area contributed by atoms with Gasteiger partial charge >= 0.3 is 0 Å². The third-order valence-corrected chi connectivity index (χ3v) is 3.33. The summed E-state index contributed by atoms with van der Waals surface area (Å²) < 4.78 is 0. The molecule has 0 unspecified atom stereocenters. The normalized spacial score (nSPS) is 11.1. The smallest absolute Gasteiger partial charge is 0.224 e. The number of benzene rings is 1. The van der Waals surface area contributed by atoms with Crippen molar-refractivity contribution >= 4 is 11.8 Å². The molecule has 0 aliphatic carbocycles. The number of nitrogens with zero attached hydrogens (tertiary/aromatic N) is 1. The van der Waals surface area contributed by atoms with Gasteiger partial charge in [-0.1, -0.05) is 29.8 Å². The van der Waals surface area contributed by atoms with Crippen LogP contribution < -0.4 is 5.32 Å². The Morgan fingerprint density at radius 1 is 1.14 bits per heavy atom. The number of hydrogen-bond donors (Lipinski definition) is 1. The molecule has 0 saturated carbocycles. The molecule has 1 aromatic carbocycles. The van der Waals surface area contributed by atoms with Crippen LogP contribution in [0.1, 0.15) is 38.8 Å². The molecule has 1 N–H and O–H groups in total. The lowest BCUT2D eigenvalue weighted by Gasteiger charge is -2.35. The summed E-state index contributed by atoms with van der Waals surface area (Å²) in [6.07, 6.45) is 0.371. The van der Waals surface area contributed by atoms with Crippen LogP contribution in [0.2, 0.25) is 0 Å². The van der Waals surface area contributed by atoms with Crippen molar-refractivity contribution in [2.24, 2.45) is 0 Å². The third kappa shape index (κ3) is 5.98. The van der Waals surface area contributed by atoms with Crippen LogP contribution in [0.25, 0.3) is 0 Å². The summed E-state index contributed by atoms with van der Waals surface area (Å²) in [5.74, 6) is 0.00606. The van der Waals surface area contributed by atoms with Crippen LogP contribution in [0, 0.1) is 6.92 Å². The molecule has 0 aromatic heterocycles. The van der Waals surface area contributed by atoms with Crippen LogP contribution >= 0.6 is 0 Å². The zero-order chi connectivity index (χ0) is 16.0. The summed E-state index contributed by atoms with van der Waals surface area (Å²) in [5.41, 5.74) is 1.95. The molecular formula is C17H26N2O2. The summed E-state index contributed by atoms with van der Waals surface area (Å²) in [6.45, 7) is 10.5. The van der Waals surface area contributed by atoms with Crippen molar-refractivity contribution < 1.29 is 9.59 Å². The van der Waals surface area contributed by atoms with Crippen LogP contribution in [-0.4, -0.2) is 35.3 Å². The van der Waals surface area contributed by atoms with E-state index in [4.69, 9.17) is 0 Å². The summed E-state index contributed by atoms with van der Waals surface area (Å²) in [4.78, 5) is 25.2. The van der Waals surface area contributed by atoms with Crippen molar-refractivity contribution in [3.05, 3.63) is 35.4 Å². The van der Waals surface area contributed by atoms with Crippen LogP contribution in [0.15, 0.2) is 24.3 Å². The second-order valence-corrected chi connectivity index (χ2v) is 6.35. The predicted molar refractivity (Wildman–Crippen MR) is 85.0 cm³/mol. The molecule has 0 radical (unpaired) electrons. The molecule has 0 aliphatic rings. The van der Waals surface area contributed by atoms with E-state index in [-0.39, 0.29) is 17.4 Å². The van der Waals surface area contributed by atoms with E-state index < -0.39 is 0 Å². The molecule has 0 fully saturated rings. The van der Waals surface area contributed by atoms with E-state index >= 15 is 0 Å². The minimum Gasteiger partial charge on any atom is -0.354 e. The van der Waals surface area contributed by atoms with Gasteiger partial charge in [-0.2, -0.15) is 0 Å². The quantitative estimate of drug-likeness (QED) is 0.904. The van der Waals surface area contributed by atoms with Crippen molar-refractivity contribution in [1.82, 2.24) is 10.2 Å². The van der Waals surface area contributed by atoms with Crippen molar-refractivity contribution in [2.75, 3.05) is 13.1 Å². The Balaban J connectivity index is 2.42. The fourth-order valence-electron chi connectivity index (χ4n) is 2.23. The lowest BCUT2D eigenvalue weighted by molar-refractivity contribution is -0.134. The third-order valence-electron chi connectivity index (χ3n) is 3.33. The van der Waals surface area contributed by atoms with E-state index in [2.05, 4.69) is 5.32 Å². The molecule has 4 heteroatoms. The van der Waals surface area contributed by atoms with Crippen LogP contribution in [-0.2, 0) is 16.0 Å². The molecule has 21 heavy (non-hydrogen) atoms. The van der Waals surface area contributed by atoms with Gasteiger partial charge in [0.15, 0.2) is 0 Å². The Kier molecular flexibility index (Phi) is 5.94. The fourth-order valence-corrected chi connectivity index (χ4v) is 2.23. The average molecular weight is 290 g/mol. The topological polar surface area (TPSA) is 49.4 Å². The predicted octanol–water partition coefficient (Wildman–Crippen LogP) is 2.30. The Labute approximate surface area is 127 Å². The fraction of sp³-hybridized carbons (Fsp3) is 0.529. The van der Waals surface area contributed by atoms with Gasteiger partial charge in [-0.3, -0.25) is 9.59 Å². The standard InChI is InChI=1S/C17H26N2O2/c1-13-6-8-15(9-7-13)12-16(21)18-10-11-19(14(2)20)17(3,4)5/h6-9H,10-12H2,1-5H3,(H,18,21). The Hall–Kier alpha value is -1.84. The first kappa shape index (κ1) is 17.2. The van der Waals surface area contributed by atoms with Gasteiger partial charge in [-0.15, -0.1) is 0 Å². The zero-order valence-corrected chi connectivity index (χ0v) is 13.7. The van der Waals surface area contributed by atoms with Gasteiger partial charge in [-0.25, -0.2) is 0 Å². The second kappa shape index (κ2) is 7.25. The van der Waals surface area contributed by atoms with E-state index in [1.807, 2.05) is 52.0 Å². The molecule has 0 saturated heterocycles. The summed E-state index contributed by atoms with van der Waals surface area (Å²) in [7, 11) is 0. The minimum absolute atomic E-state index is 0.0173.